The average molecular weight is 351 g/mol. The van der Waals surface area contributed by atoms with Crippen LogP contribution in [0.25, 0.3) is 0 Å². The largest absolute Gasteiger partial charge is 0.479 e. The van der Waals surface area contributed by atoms with E-state index in [0.717, 1.165) is 5.56 Å². The Morgan fingerprint density at radius 1 is 1.32 bits per heavy atom. The average Bonchev–Trinajstić information content (AvgIpc) is 2.53. The molecule has 1 aromatic carbocycles. The zero-order valence-electron chi connectivity index (χ0n) is 14.8. The Labute approximate surface area is 147 Å². The zero-order valence-corrected chi connectivity index (χ0v) is 14.8. The molecule has 0 saturated carbocycles. The molecule has 1 heterocycles. The molecule has 2 N–H and O–H groups in total. The standard InChI is InChI=1S/C18H25NO6/c1-17(2,3)25-16(22)19-18(15(20)21)9-10-23-12-14(18)24-11-13-7-5-4-6-8-13/h4-8,14H,9-12H2,1-3H3,(H,19,22)(H,20,21). The van der Waals surface area contributed by atoms with Gasteiger partial charge in [0.1, 0.15) is 11.7 Å². The lowest BCUT2D eigenvalue weighted by molar-refractivity contribution is -0.167. The Morgan fingerprint density at radius 3 is 2.60 bits per heavy atom. The van der Waals surface area contributed by atoms with Crippen LogP contribution in [0.5, 0.6) is 0 Å². The normalized spacial score (nSPS) is 23.7. The minimum atomic E-state index is -1.59. The second-order valence-corrected chi connectivity index (χ2v) is 7.01. The van der Waals surface area contributed by atoms with E-state index in [1.54, 1.807) is 20.8 Å². The van der Waals surface area contributed by atoms with Crippen molar-refractivity contribution in [2.75, 3.05) is 13.2 Å². The zero-order chi connectivity index (χ0) is 18.5. The molecule has 2 unspecified atom stereocenters. The maximum absolute atomic E-state index is 12.2. The van der Waals surface area contributed by atoms with E-state index in [-0.39, 0.29) is 26.2 Å². The van der Waals surface area contributed by atoms with Crippen LogP contribution in [0.1, 0.15) is 32.8 Å². The second-order valence-electron chi connectivity index (χ2n) is 7.01. The molecule has 0 radical (unpaired) electrons. The van der Waals surface area contributed by atoms with Crippen molar-refractivity contribution < 1.29 is 28.9 Å². The van der Waals surface area contributed by atoms with Gasteiger partial charge in [-0.1, -0.05) is 30.3 Å². The van der Waals surface area contributed by atoms with Crippen LogP contribution in [0.4, 0.5) is 4.79 Å². The first-order valence-electron chi connectivity index (χ1n) is 8.21. The molecule has 1 aliphatic heterocycles. The van der Waals surface area contributed by atoms with Gasteiger partial charge in [0.15, 0.2) is 5.54 Å². The van der Waals surface area contributed by atoms with E-state index in [9.17, 15) is 14.7 Å². The number of ether oxygens (including phenoxy) is 3. The number of carbonyl (C=O) groups excluding carboxylic acids is 1. The van der Waals surface area contributed by atoms with E-state index in [1.807, 2.05) is 30.3 Å². The first-order chi connectivity index (χ1) is 11.7. The van der Waals surface area contributed by atoms with Crippen LogP contribution in [0, 0.1) is 0 Å². The van der Waals surface area contributed by atoms with E-state index in [1.165, 1.54) is 0 Å². The Kier molecular flexibility index (Phi) is 6.02. The van der Waals surface area contributed by atoms with E-state index in [4.69, 9.17) is 14.2 Å². The molecule has 25 heavy (non-hydrogen) atoms. The summed E-state index contributed by atoms with van der Waals surface area (Å²) in [5, 5.41) is 12.3. The van der Waals surface area contributed by atoms with Crippen LogP contribution in [-0.4, -0.2) is 47.6 Å². The summed E-state index contributed by atoms with van der Waals surface area (Å²) in [6.07, 6.45) is -1.52. The van der Waals surface area contributed by atoms with Gasteiger partial charge in [0.25, 0.3) is 0 Å². The summed E-state index contributed by atoms with van der Waals surface area (Å²) in [6.45, 7) is 5.66. The molecule has 7 heteroatoms. The summed E-state index contributed by atoms with van der Waals surface area (Å²) < 4.78 is 16.4. The van der Waals surface area contributed by atoms with E-state index >= 15 is 0 Å². The molecular weight excluding hydrogens is 326 g/mol. The Hall–Kier alpha value is -2.12. The number of aliphatic carboxylic acids is 1. The summed E-state index contributed by atoms with van der Waals surface area (Å²) in [4.78, 5) is 24.2. The lowest BCUT2D eigenvalue weighted by atomic mass is 9.87. The number of hydrogen-bond acceptors (Lipinski definition) is 5. The molecule has 138 valence electrons. The minimum absolute atomic E-state index is 0.0783. The van der Waals surface area contributed by atoms with Crippen LogP contribution in [0.2, 0.25) is 0 Å². The van der Waals surface area contributed by atoms with Gasteiger partial charge < -0.3 is 24.6 Å². The molecule has 1 fully saturated rings. The molecule has 2 rings (SSSR count). The minimum Gasteiger partial charge on any atom is -0.479 e. The van der Waals surface area contributed by atoms with Gasteiger partial charge in [0.2, 0.25) is 0 Å². The van der Waals surface area contributed by atoms with Crippen molar-refractivity contribution in [2.24, 2.45) is 0 Å². The fourth-order valence-electron chi connectivity index (χ4n) is 2.62. The number of benzene rings is 1. The van der Waals surface area contributed by atoms with Crippen LogP contribution in [-0.2, 0) is 25.6 Å². The van der Waals surface area contributed by atoms with Crippen LogP contribution in [0.15, 0.2) is 30.3 Å². The van der Waals surface area contributed by atoms with Crippen molar-refractivity contribution in [3.05, 3.63) is 35.9 Å². The van der Waals surface area contributed by atoms with Crippen molar-refractivity contribution in [1.82, 2.24) is 5.32 Å². The number of alkyl carbamates (subject to hydrolysis) is 1. The number of nitrogens with one attached hydrogen (secondary N) is 1. The summed E-state index contributed by atoms with van der Waals surface area (Å²) >= 11 is 0. The maximum Gasteiger partial charge on any atom is 0.408 e. The highest BCUT2D eigenvalue weighted by atomic mass is 16.6. The number of hydrogen-bond donors (Lipinski definition) is 2. The van der Waals surface area contributed by atoms with Gasteiger partial charge >= 0.3 is 12.1 Å². The summed E-state index contributed by atoms with van der Waals surface area (Å²) in [7, 11) is 0. The van der Waals surface area contributed by atoms with Crippen molar-refractivity contribution in [1.29, 1.82) is 0 Å². The summed E-state index contributed by atoms with van der Waals surface area (Å²) in [5.41, 5.74) is -1.41. The number of carboxylic acid groups (broad SMARTS) is 1. The fourth-order valence-corrected chi connectivity index (χ4v) is 2.62. The molecule has 0 bridgehead atoms. The maximum atomic E-state index is 12.2. The molecule has 1 saturated heterocycles. The Balaban J connectivity index is 2.13. The lowest BCUT2D eigenvalue weighted by Gasteiger charge is -2.40. The quantitative estimate of drug-likeness (QED) is 0.846. The monoisotopic (exact) mass is 351 g/mol. The third-order valence-corrected chi connectivity index (χ3v) is 3.86. The second kappa shape index (κ2) is 7.84. The Morgan fingerprint density at radius 2 is 2.00 bits per heavy atom. The van der Waals surface area contributed by atoms with Gasteiger partial charge in [-0.2, -0.15) is 0 Å². The van der Waals surface area contributed by atoms with E-state index in [2.05, 4.69) is 5.32 Å². The molecule has 1 aliphatic rings. The van der Waals surface area contributed by atoms with Gasteiger partial charge in [-0.05, 0) is 26.3 Å². The molecule has 2 atom stereocenters. The smallest absolute Gasteiger partial charge is 0.408 e. The predicted octanol–water partition coefficient (Wildman–Crippen LogP) is 2.34. The van der Waals surface area contributed by atoms with Crippen LogP contribution >= 0.6 is 0 Å². The van der Waals surface area contributed by atoms with Crippen molar-refractivity contribution >= 4 is 12.1 Å². The first kappa shape index (κ1) is 19.2. The highest BCUT2D eigenvalue weighted by Crippen LogP contribution is 2.26. The first-order valence-corrected chi connectivity index (χ1v) is 8.21. The third-order valence-electron chi connectivity index (χ3n) is 3.86. The van der Waals surface area contributed by atoms with Gasteiger partial charge in [0, 0.05) is 13.0 Å². The third kappa shape index (κ3) is 5.17. The van der Waals surface area contributed by atoms with Crippen LogP contribution in [0.3, 0.4) is 0 Å². The van der Waals surface area contributed by atoms with Gasteiger partial charge in [0.05, 0.1) is 13.2 Å². The Bertz CT molecular complexity index is 597. The van der Waals surface area contributed by atoms with Crippen molar-refractivity contribution in [3.8, 4) is 0 Å². The molecule has 0 aromatic heterocycles. The molecule has 1 aromatic rings. The number of carbonyl (C=O) groups is 2. The van der Waals surface area contributed by atoms with Gasteiger partial charge in [-0.3, -0.25) is 0 Å². The molecule has 7 nitrogen and oxygen atoms in total. The van der Waals surface area contributed by atoms with Crippen molar-refractivity contribution in [2.45, 2.75) is 51.0 Å². The SMILES string of the molecule is CC(C)(C)OC(=O)NC1(C(=O)O)CCOCC1OCc1ccccc1. The topological polar surface area (TPSA) is 94.1 Å². The highest BCUT2D eigenvalue weighted by molar-refractivity contribution is 5.85. The molecular formula is C18H25NO6. The van der Waals surface area contributed by atoms with Gasteiger partial charge in [-0.25, -0.2) is 9.59 Å². The van der Waals surface area contributed by atoms with Crippen molar-refractivity contribution in [3.63, 3.8) is 0 Å². The summed E-state index contributed by atoms with van der Waals surface area (Å²) in [5.74, 6) is -1.17. The van der Waals surface area contributed by atoms with E-state index < -0.39 is 29.3 Å². The predicted molar refractivity (Wildman–Crippen MR) is 90.2 cm³/mol. The molecule has 1 amide bonds. The number of amides is 1. The number of rotatable bonds is 5. The highest BCUT2D eigenvalue weighted by Gasteiger charge is 2.51. The fraction of sp³-hybridized carbons (Fsp3) is 0.556. The molecule has 0 spiro atoms. The van der Waals surface area contributed by atoms with Gasteiger partial charge in [-0.15, -0.1) is 0 Å². The molecule has 0 aliphatic carbocycles. The van der Waals surface area contributed by atoms with Crippen LogP contribution < -0.4 is 5.32 Å². The van der Waals surface area contributed by atoms with E-state index in [0.29, 0.717) is 0 Å². The number of carboxylic acids is 1. The summed E-state index contributed by atoms with van der Waals surface area (Å²) in [6, 6.07) is 9.40. The lowest BCUT2D eigenvalue weighted by Crippen LogP contribution is -2.66.